The Labute approximate surface area is 252 Å². The van der Waals surface area contributed by atoms with E-state index in [1.807, 2.05) is 44.2 Å². The largest absolute Gasteiger partial charge is 0.493 e. The van der Waals surface area contributed by atoms with E-state index < -0.39 is 12.1 Å². The number of nitrogens with one attached hydrogen (secondary N) is 3. The lowest BCUT2D eigenvalue weighted by molar-refractivity contribution is -0.122. The summed E-state index contributed by atoms with van der Waals surface area (Å²) >= 11 is 0. The summed E-state index contributed by atoms with van der Waals surface area (Å²) in [5.41, 5.74) is 3.92. The third-order valence-electron chi connectivity index (χ3n) is 7.58. The van der Waals surface area contributed by atoms with E-state index in [1.165, 1.54) is 6.92 Å². The van der Waals surface area contributed by atoms with Crippen LogP contribution in [0.4, 0.5) is 5.69 Å². The summed E-state index contributed by atoms with van der Waals surface area (Å²) in [7, 11) is 4.67. The van der Waals surface area contributed by atoms with Crippen LogP contribution in [-0.4, -0.2) is 50.7 Å². The van der Waals surface area contributed by atoms with Crippen LogP contribution < -0.4 is 35.6 Å². The summed E-state index contributed by atoms with van der Waals surface area (Å²) in [5, 5.41) is 9.18. The molecule has 0 saturated heterocycles. The summed E-state index contributed by atoms with van der Waals surface area (Å²) in [6.07, 6.45) is 3.47. The van der Waals surface area contributed by atoms with Gasteiger partial charge < -0.3 is 30.2 Å². The topological polar surface area (TPSA) is 128 Å². The van der Waals surface area contributed by atoms with E-state index in [0.29, 0.717) is 48.6 Å². The molecule has 10 heteroatoms. The van der Waals surface area contributed by atoms with Crippen molar-refractivity contribution in [2.75, 3.05) is 33.2 Å². The minimum atomic E-state index is -0.657. The minimum Gasteiger partial charge on any atom is -0.493 e. The molecule has 4 rings (SSSR count). The number of amides is 2. The van der Waals surface area contributed by atoms with Gasteiger partial charge in [-0.3, -0.25) is 19.4 Å². The van der Waals surface area contributed by atoms with Gasteiger partial charge in [0.05, 0.1) is 33.1 Å². The van der Waals surface area contributed by atoms with Crippen LogP contribution in [-0.2, 0) is 22.4 Å². The Morgan fingerprint density at radius 3 is 2.42 bits per heavy atom. The van der Waals surface area contributed by atoms with Gasteiger partial charge in [-0.25, -0.2) is 0 Å². The van der Waals surface area contributed by atoms with Crippen LogP contribution in [0.5, 0.6) is 17.2 Å². The molecule has 1 aliphatic rings. The van der Waals surface area contributed by atoms with Gasteiger partial charge >= 0.3 is 0 Å². The van der Waals surface area contributed by atoms with Gasteiger partial charge in [0.25, 0.3) is 0 Å². The van der Waals surface area contributed by atoms with Crippen molar-refractivity contribution in [3.63, 3.8) is 0 Å². The van der Waals surface area contributed by atoms with Crippen molar-refractivity contribution in [3.8, 4) is 28.4 Å². The SMILES string of the molecule is COc1cc2c(c(OC)c1OC)-c1ccc(N[C@H](C(=O)NCCc3ccccn3)C(C)C)c(=O)cc1[C@@H](NC(C)=O)CC2. The van der Waals surface area contributed by atoms with E-state index >= 15 is 0 Å². The summed E-state index contributed by atoms with van der Waals surface area (Å²) in [6, 6.07) is 11.6. The van der Waals surface area contributed by atoms with Crippen LogP contribution in [0.25, 0.3) is 11.1 Å². The number of aryl methyl sites for hydroxylation is 1. The quantitative estimate of drug-likeness (QED) is 0.306. The second kappa shape index (κ2) is 14.0. The molecule has 0 aliphatic heterocycles. The van der Waals surface area contributed by atoms with Crippen LogP contribution in [0, 0.1) is 5.92 Å². The zero-order chi connectivity index (χ0) is 31.1. The highest BCUT2D eigenvalue weighted by Gasteiger charge is 2.30. The molecule has 10 nitrogen and oxygen atoms in total. The van der Waals surface area contributed by atoms with Crippen molar-refractivity contribution in [3.05, 3.63) is 75.7 Å². The second-order valence-electron chi connectivity index (χ2n) is 10.8. The zero-order valence-corrected chi connectivity index (χ0v) is 25.6. The first-order valence-electron chi connectivity index (χ1n) is 14.4. The number of pyridine rings is 1. The highest BCUT2D eigenvalue weighted by Crippen LogP contribution is 2.50. The van der Waals surface area contributed by atoms with Gasteiger partial charge in [0.2, 0.25) is 23.0 Å². The molecule has 1 aromatic heterocycles. The van der Waals surface area contributed by atoms with Gasteiger partial charge in [-0.15, -0.1) is 0 Å². The van der Waals surface area contributed by atoms with Crippen molar-refractivity contribution in [1.82, 2.24) is 15.6 Å². The number of rotatable bonds is 11. The van der Waals surface area contributed by atoms with E-state index in [0.717, 1.165) is 22.4 Å². The van der Waals surface area contributed by atoms with Crippen molar-refractivity contribution in [1.29, 1.82) is 0 Å². The fourth-order valence-corrected chi connectivity index (χ4v) is 5.50. The van der Waals surface area contributed by atoms with Gasteiger partial charge in [0.1, 0.15) is 6.04 Å². The Hall–Kier alpha value is -4.60. The molecule has 0 saturated carbocycles. The van der Waals surface area contributed by atoms with Gasteiger partial charge in [-0.2, -0.15) is 0 Å². The summed E-state index contributed by atoms with van der Waals surface area (Å²) in [4.78, 5) is 43.5. The third kappa shape index (κ3) is 7.07. The summed E-state index contributed by atoms with van der Waals surface area (Å²) < 4.78 is 17.1. The molecule has 1 heterocycles. The normalized spacial score (nSPS) is 14.4. The lowest BCUT2D eigenvalue weighted by atomic mass is 9.95. The molecule has 2 aromatic carbocycles. The fourth-order valence-electron chi connectivity index (χ4n) is 5.50. The molecule has 0 fully saturated rings. The van der Waals surface area contributed by atoms with Crippen molar-refractivity contribution < 1.29 is 23.8 Å². The molecular weight excluding hydrogens is 548 g/mol. The Balaban J connectivity index is 1.75. The molecule has 3 N–H and O–H groups in total. The number of anilines is 1. The van der Waals surface area contributed by atoms with Gasteiger partial charge in [0.15, 0.2) is 11.5 Å². The molecule has 3 aromatic rings. The molecule has 0 spiro atoms. The van der Waals surface area contributed by atoms with Crippen LogP contribution in [0.1, 0.15) is 50.1 Å². The van der Waals surface area contributed by atoms with E-state index in [9.17, 15) is 14.4 Å². The summed E-state index contributed by atoms with van der Waals surface area (Å²) in [5.74, 6) is 0.909. The Morgan fingerprint density at radius 1 is 1.02 bits per heavy atom. The van der Waals surface area contributed by atoms with Crippen molar-refractivity contribution in [2.24, 2.45) is 5.92 Å². The maximum absolute atomic E-state index is 13.7. The molecule has 43 heavy (non-hydrogen) atoms. The van der Waals surface area contributed by atoms with E-state index in [2.05, 4.69) is 20.9 Å². The Morgan fingerprint density at radius 2 is 1.79 bits per heavy atom. The monoisotopic (exact) mass is 588 g/mol. The molecule has 0 radical (unpaired) electrons. The van der Waals surface area contributed by atoms with Crippen LogP contribution in [0.3, 0.4) is 0 Å². The fraction of sp³-hybridized carbons (Fsp3) is 0.394. The first kappa shape index (κ1) is 31.3. The number of carbonyl (C=O) groups excluding carboxylic acids is 2. The first-order valence-corrected chi connectivity index (χ1v) is 14.4. The highest BCUT2D eigenvalue weighted by molar-refractivity contribution is 5.86. The lowest BCUT2D eigenvalue weighted by Gasteiger charge is -2.22. The number of ether oxygens (including phenoxy) is 3. The van der Waals surface area contributed by atoms with Gasteiger partial charge in [0, 0.05) is 37.3 Å². The number of methoxy groups -OCH3 is 3. The van der Waals surface area contributed by atoms with E-state index in [-0.39, 0.29) is 28.8 Å². The zero-order valence-electron chi connectivity index (χ0n) is 25.6. The number of nitrogens with zero attached hydrogens (tertiary/aromatic N) is 1. The predicted octanol–water partition coefficient (Wildman–Crippen LogP) is 4.05. The van der Waals surface area contributed by atoms with Crippen molar-refractivity contribution >= 4 is 17.5 Å². The number of hydrogen-bond acceptors (Lipinski definition) is 8. The first-order chi connectivity index (χ1) is 20.7. The minimum absolute atomic E-state index is 0.109. The average molecular weight is 589 g/mol. The molecule has 1 aliphatic carbocycles. The maximum atomic E-state index is 13.7. The van der Waals surface area contributed by atoms with Crippen LogP contribution in [0.15, 0.2) is 53.5 Å². The Bertz CT molecular complexity index is 1530. The van der Waals surface area contributed by atoms with E-state index in [4.69, 9.17) is 14.2 Å². The van der Waals surface area contributed by atoms with Gasteiger partial charge in [-0.05, 0) is 65.8 Å². The highest BCUT2D eigenvalue weighted by atomic mass is 16.5. The van der Waals surface area contributed by atoms with Crippen LogP contribution in [0.2, 0.25) is 0 Å². The number of carbonyl (C=O) groups is 2. The van der Waals surface area contributed by atoms with Crippen molar-refractivity contribution in [2.45, 2.75) is 52.1 Å². The van der Waals surface area contributed by atoms with Crippen LogP contribution >= 0.6 is 0 Å². The Kier molecular flexibility index (Phi) is 10.2. The molecular formula is C33H40N4O6. The smallest absolute Gasteiger partial charge is 0.242 e. The molecule has 228 valence electrons. The average Bonchev–Trinajstić information content (AvgIpc) is 3.23. The molecule has 0 unspecified atom stereocenters. The lowest BCUT2D eigenvalue weighted by Crippen LogP contribution is -2.44. The third-order valence-corrected chi connectivity index (χ3v) is 7.58. The number of fused-ring (bicyclic) bond motifs is 3. The molecule has 0 bridgehead atoms. The number of aromatic nitrogens is 1. The standard InChI is InChI=1S/C33H40N4O6/c1-19(2)30(33(40)35-16-14-22-9-7-8-15-34-22)37-26-13-11-23-24(18-27(26)39)25(36-20(3)38)12-10-21-17-28(41-4)31(42-5)32(43-6)29(21)23/h7-9,11,13,15,17-19,25,30H,10,12,14,16H2,1-6H3,(H,35,40)(H,36,38)(H,37,39)/t25-,30-/m0/s1. The molecule has 2 atom stereocenters. The predicted molar refractivity (Wildman–Crippen MR) is 166 cm³/mol. The second-order valence-corrected chi connectivity index (χ2v) is 10.8. The van der Waals surface area contributed by atoms with Gasteiger partial charge in [-0.1, -0.05) is 26.0 Å². The maximum Gasteiger partial charge on any atom is 0.242 e. The number of hydrogen-bond donors (Lipinski definition) is 3. The molecule has 2 amide bonds. The number of benzene rings is 1. The summed E-state index contributed by atoms with van der Waals surface area (Å²) in [6.45, 7) is 5.72. The van der Waals surface area contributed by atoms with E-state index in [1.54, 1.807) is 39.7 Å².